The lowest BCUT2D eigenvalue weighted by molar-refractivity contribution is 0.175. The Morgan fingerprint density at radius 2 is 1.94 bits per heavy atom. The standard InChI is InChI=1S/C14H23N3O/c1-11(2)17(12(3)4)8-7-16-10-14-6-5-13(9-15)18-14/h5-6,11-12,16H,7-8,10H2,1-4H3. The van der Waals surface area contributed by atoms with E-state index in [1.807, 2.05) is 12.1 Å². The van der Waals surface area contributed by atoms with Gasteiger partial charge in [-0.2, -0.15) is 5.26 Å². The van der Waals surface area contributed by atoms with Crippen LogP contribution in [-0.4, -0.2) is 30.1 Å². The van der Waals surface area contributed by atoms with E-state index >= 15 is 0 Å². The predicted molar refractivity (Wildman–Crippen MR) is 72.1 cm³/mol. The fourth-order valence-electron chi connectivity index (χ4n) is 2.07. The number of rotatable bonds is 7. The maximum atomic E-state index is 8.65. The third-order valence-corrected chi connectivity index (χ3v) is 2.94. The number of nitrogens with one attached hydrogen (secondary N) is 1. The summed E-state index contributed by atoms with van der Waals surface area (Å²) in [6.45, 7) is 11.5. The second-order valence-corrected chi connectivity index (χ2v) is 4.98. The fourth-order valence-corrected chi connectivity index (χ4v) is 2.07. The molecule has 0 aromatic carbocycles. The van der Waals surface area contributed by atoms with Gasteiger partial charge in [0.25, 0.3) is 0 Å². The van der Waals surface area contributed by atoms with Gasteiger partial charge in [0.05, 0.1) is 6.54 Å². The summed E-state index contributed by atoms with van der Waals surface area (Å²) in [4.78, 5) is 2.44. The maximum absolute atomic E-state index is 8.65. The molecule has 4 nitrogen and oxygen atoms in total. The Bertz CT molecular complexity index is 382. The summed E-state index contributed by atoms with van der Waals surface area (Å²) in [6, 6.07) is 6.64. The smallest absolute Gasteiger partial charge is 0.203 e. The van der Waals surface area contributed by atoms with Gasteiger partial charge in [-0.1, -0.05) is 0 Å². The molecule has 0 fully saturated rings. The summed E-state index contributed by atoms with van der Waals surface area (Å²) in [5, 5.41) is 12.0. The van der Waals surface area contributed by atoms with Crippen molar-refractivity contribution < 1.29 is 4.42 Å². The molecule has 4 heteroatoms. The fraction of sp³-hybridized carbons (Fsp3) is 0.643. The highest BCUT2D eigenvalue weighted by Crippen LogP contribution is 2.06. The first-order valence-electron chi connectivity index (χ1n) is 6.50. The van der Waals surface area contributed by atoms with Crippen LogP contribution in [0.3, 0.4) is 0 Å². The largest absolute Gasteiger partial charge is 0.449 e. The molecule has 0 aliphatic heterocycles. The van der Waals surface area contributed by atoms with Crippen molar-refractivity contribution in [1.29, 1.82) is 5.26 Å². The van der Waals surface area contributed by atoms with E-state index in [1.54, 1.807) is 6.07 Å². The second-order valence-electron chi connectivity index (χ2n) is 4.98. The van der Waals surface area contributed by atoms with Crippen molar-refractivity contribution in [3.05, 3.63) is 23.7 Å². The van der Waals surface area contributed by atoms with Crippen LogP contribution in [-0.2, 0) is 6.54 Å². The number of furan rings is 1. The number of nitriles is 1. The highest BCUT2D eigenvalue weighted by Gasteiger charge is 2.12. The molecule has 0 saturated heterocycles. The molecule has 0 bridgehead atoms. The topological polar surface area (TPSA) is 52.2 Å². The first-order valence-corrected chi connectivity index (χ1v) is 6.50. The Hall–Kier alpha value is -1.31. The Morgan fingerprint density at radius 1 is 1.28 bits per heavy atom. The third kappa shape index (κ3) is 4.52. The van der Waals surface area contributed by atoms with E-state index in [4.69, 9.17) is 9.68 Å². The Morgan fingerprint density at radius 3 is 2.44 bits per heavy atom. The molecule has 0 saturated carbocycles. The molecule has 0 unspecified atom stereocenters. The molecular weight excluding hydrogens is 226 g/mol. The van der Waals surface area contributed by atoms with Gasteiger partial charge in [-0.3, -0.25) is 4.90 Å². The molecule has 0 radical (unpaired) electrons. The van der Waals surface area contributed by atoms with E-state index in [2.05, 4.69) is 37.9 Å². The number of hydrogen-bond acceptors (Lipinski definition) is 4. The van der Waals surface area contributed by atoms with Gasteiger partial charge < -0.3 is 9.73 Å². The van der Waals surface area contributed by atoms with Crippen molar-refractivity contribution in [3.63, 3.8) is 0 Å². The van der Waals surface area contributed by atoms with Crippen LogP contribution in [0.5, 0.6) is 0 Å². The average Bonchev–Trinajstić information content (AvgIpc) is 2.75. The Balaban J connectivity index is 2.28. The quantitative estimate of drug-likeness (QED) is 0.754. The monoisotopic (exact) mass is 249 g/mol. The summed E-state index contributed by atoms with van der Waals surface area (Å²) in [6.07, 6.45) is 0. The van der Waals surface area contributed by atoms with Gasteiger partial charge in [-0.25, -0.2) is 0 Å². The van der Waals surface area contributed by atoms with Gasteiger partial charge in [-0.15, -0.1) is 0 Å². The predicted octanol–water partition coefficient (Wildman–Crippen LogP) is 2.36. The summed E-state index contributed by atoms with van der Waals surface area (Å²) in [7, 11) is 0. The van der Waals surface area contributed by atoms with E-state index < -0.39 is 0 Å². The molecule has 1 aromatic heterocycles. The first kappa shape index (κ1) is 14.7. The molecule has 100 valence electrons. The minimum atomic E-state index is 0.373. The number of hydrogen-bond donors (Lipinski definition) is 1. The molecule has 0 aliphatic rings. The average molecular weight is 249 g/mol. The van der Waals surface area contributed by atoms with Crippen LogP contribution in [0.2, 0.25) is 0 Å². The van der Waals surface area contributed by atoms with Gasteiger partial charge >= 0.3 is 0 Å². The molecule has 0 aliphatic carbocycles. The normalized spacial score (nSPS) is 11.4. The molecule has 0 amide bonds. The van der Waals surface area contributed by atoms with Gasteiger partial charge in [-0.05, 0) is 39.8 Å². The highest BCUT2D eigenvalue weighted by molar-refractivity contribution is 5.18. The summed E-state index contributed by atoms with van der Waals surface area (Å²) in [5.41, 5.74) is 0. The van der Waals surface area contributed by atoms with E-state index in [9.17, 15) is 0 Å². The minimum absolute atomic E-state index is 0.373. The van der Waals surface area contributed by atoms with Crippen molar-refractivity contribution in [3.8, 4) is 6.07 Å². The Kier molecular flexibility index (Phi) is 5.90. The molecule has 1 heterocycles. The first-order chi connectivity index (χ1) is 8.54. The van der Waals surface area contributed by atoms with E-state index in [0.29, 0.717) is 24.4 Å². The third-order valence-electron chi connectivity index (χ3n) is 2.94. The lowest BCUT2D eigenvalue weighted by Gasteiger charge is -2.30. The van der Waals surface area contributed by atoms with E-state index in [-0.39, 0.29) is 0 Å². The summed E-state index contributed by atoms with van der Waals surface area (Å²) in [5.74, 6) is 1.19. The molecule has 1 aromatic rings. The maximum Gasteiger partial charge on any atom is 0.203 e. The van der Waals surface area contributed by atoms with Crippen LogP contribution in [0.15, 0.2) is 16.5 Å². The van der Waals surface area contributed by atoms with Crippen LogP contribution in [0.4, 0.5) is 0 Å². The molecule has 1 rings (SSSR count). The van der Waals surface area contributed by atoms with Crippen LogP contribution >= 0.6 is 0 Å². The van der Waals surface area contributed by atoms with E-state index in [0.717, 1.165) is 18.8 Å². The van der Waals surface area contributed by atoms with Gasteiger partial charge in [0.15, 0.2) is 0 Å². The van der Waals surface area contributed by atoms with Crippen molar-refractivity contribution >= 4 is 0 Å². The molecule has 0 spiro atoms. The zero-order chi connectivity index (χ0) is 13.5. The summed E-state index contributed by atoms with van der Waals surface area (Å²) < 4.78 is 5.30. The van der Waals surface area contributed by atoms with Gasteiger partial charge in [0.1, 0.15) is 11.8 Å². The van der Waals surface area contributed by atoms with Crippen molar-refractivity contribution in [1.82, 2.24) is 10.2 Å². The van der Waals surface area contributed by atoms with E-state index in [1.165, 1.54) is 0 Å². The number of nitrogens with zero attached hydrogens (tertiary/aromatic N) is 2. The SMILES string of the molecule is CC(C)N(CCNCc1ccc(C#N)o1)C(C)C. The van der Waals surface area contributed by atoms with Crippen molar-refractivity contribution in [2.75, 3.05) is 13.1 Å². The molecule has 1 N–H and O–H groups in total. The lowest BCUT2D eigenvalue weighted by Crippen LogP contribution is -2.41. The molecule has 18 heavy (non-hydrogen) atoms. The zero-order valence-corrected chi connectivity index (χ0v) is 11.7. The minimum Gasteiger partial charge on any atom is -0.449 e. The van der Waals surface area contributed by atoms with Crippen LogP contribution in [0.1, 0.15) is 39.2 Å². The van der Waals surface area contributed by atoms with Crippen molar-refractivity contribution in [2.24, 2.45) is 0 Å². The van der Waals surface area contributed by atoms with Crippen LogP contribution < -0.4 is 5.32 Å². The van der Waals surface area contributed by atoms with Gasteiger partial charge in [0.2, 0.25) is 5.76 Å². The zero-order valence-electron chi connectivity index (χ0n) is 11.7. The van der Waals surface area contributed by atoms with Gasteiger partial charge in [0, 0.05) is 25.2 Å². The summed E-state index contributed by atoms with van der Waals surface area (Å²) >= 11 is 0. The highest BCUT2D eigenvalue weighted by atomic mass is 16.3. The van der Waals surface area contributed by atoms with Crippen molar-refractivity contribution in [2.45, 2.75) is 46.3 Å². The second kappa shape index (κ2) is 7.20. The van der Waals surface area contributed by atoms with Crippen LogP contribution in [0, 0.1) is 11.3 Å². The van der Waals surface area contributed by atoms with Crippen LogP contribution in [0.25, 0.3) is 0 Å². The molecule has 0 atom stereocenters. The lowest BCUT2D eigenvalue weighted by atomic mass is 10.2. The molecular formula is C14H23N3O. The Labute approximate surface area is 110 Å².